The number of nitrogens with zero attached hydrogens (tertiary/aromatic N) is 1. The molecular formula is C12H19N3O3S2. The number of hydrogen-bond donors (Lipinski definition) is 2. The summed E-state index contributed by atoms with van der Waals surface area (Å²) >= 11 is 1.08. The highest BCUT2D eigenvalue weighted by atomic mass is 32.2. The van der Waals surface area contributed by atoms with Gasteiger partial charge < -0.3 is 16.4 Å². The van der Waals surface area contributed by atoms with E-state index in [1.165, 1.54) is 0 Å². The lowest BCUT2D eigenvalue weighted by Crippen LogP contribution is -2.20. The van der Waals surface area contributed by atoms with Gasteiger partial charge in [0.25, 0.3) is 5.91 Å². The zero-order valence-electron chi connectivity index (χ0n) is 11.5. The van der Waals surface area contributed by atoms with E-state index in [0.29, 0.717) is 10.9 Å². The first-order valence-corrected chi connectivity index (χ1v) is 9.13. The molecular weight excluding hydrogens is 298 g/mol. The van der Waals surface area contributed by atoms with Crippen molar-refractivity contribution in [1.29, 1.82) is 0 Å². The molecule has 2 heterocycles. The van der Waals surface area contributed by atoms with Gasteiger partial charge in [0.15, 0.2) is 9.84 Å². The van der Waals surface area contributed by atoms with Gasteiger partial charge in [-0.25, -0.2) is 8.42 Å². The molecule has 1 unspecified atom stereocenters. The summed E-state index contributed by atoms with van der Waals surface area (Å²) in [4.78, 5) is 13.6. The lowest BCUT2D eigenvalue weighted by molar-refractivity contribution is 0.100. The average Bonchev–Trinajstić information content (AvgIpc) is 2.91. The van der Waals surface area contributed by atoms with Crippen molar-refractivity contribution in [1.82, 2.24) is 0 Å². The lowest BCUT2D eigenvalue weighted by Gasteiger charge is -2.18. The molecule has 20 heavy (non-hydrogen) atoms. The molecule has 0 spiro atoms. The van der Waals surface area contributed by atoms with Crippen LogP contribution in [0.4, 0.5) is 10.7 Å². The Morgan fingerprint density at radius 1 is 1.50 bits per heavy atom. The normalized spacial score (nSPS) is 19.5. The first kappa shape index (κ1) is 15.1. The number of sulfone groups is 1. The van der Waals surface area contributed by atoms with Gasteiger partial charge in [-0.1, -0.05) is 13.3 Å². The molecule has 1 aromatic rings. The third kappa shape index (κ3) is 2.62. The van der Waals surface area contributed by atoms with Crippen LogP contribution < -0.4 is 16.4 Å². The van der Waals surface area contributed by atoms with Crippen molar-refractivity contribution >= 4 is 37.8 Å². The molecule has 1 amide bonds. The van der Waals surface area contributed by atoms with Crippen LogP contribution in [0.25, 0.3) is 0 Å². The molecule has 4 N–H and O–H groups in total. The Balaban J connectivity index is 2.53. The van der Waals surface area contributed by atoms with Gasteiger partial charge in [0.05, 0.1) is 5.69 Å². The van der Waals surface area contributed by atoms with E-state index in [2.05, 4.69) is 6.92 Å². The summed E-state index contributed by atoms with van der Waals surface area (Å²) in [6, 6.07) is 0. The molecule has 0 radical (unpaired) electrons. The Morgan fingerprint density at radius 3 is 2.60 bits per heavy atom. The number of carbonyl (C=O) groups excluding carboxylic acids is 1. The van der Waals surface area contributed by atoms with Crippen LogP contribution in [0.15, 0.2) is 4.90 Å². The molecule has 6 nitrogen and oxygen atoms in total. The Kier molecular flexibility index (Phi) is 3.97. The Morgan fingerprint density at radius 2 is 2.15 bits per heavy atom. The minimum absolute atomic E-state index is 0.0139. The molecule has 0 aromatic carbocycles. The topological polar surface area (TPSA) is 106 Å². The number of nitrogens with two attached hydrogens (primary N) is 2. The van der Waals surface area contributed by atoms with Crippen molar-refractivity contribution in [2.45, 2.75) is 24.7 Å². The minimum atomic E-state index is -3.50. The maximum Gasteiger partial charge on any atom is 0.261 e. The first-order valence-electron chi connectivity index (χ1n) is 6.42. The molecule has 1 fully saturated rings. The molecule has 2 rings (SSSR count). The zero-order chi connectivity index (χ0) is 15.1. The summed E-state index contributed by atoms with van der Waals surface area (Å²) in [7, 11) is -3.50. The Labute approximate surface area is 122 Å². The number of hydrogen-bond acceptors (Lipinski definition) is 6. The maximum absolute atomic E-state index is 12.0. The molecule has 1 aliphatic heterocycles. The van der Waals surface area contributed by atoms with Gasteiger partial charge in [0, 0.05) is 19.3 Å². The van der Waals surface area contributed by atoms with Crippen LogP contribution in [-0.2, 0) is 9.84 Å². The summed E-state index contributed by atoms with van der Waals surface area (Å²) in [6.45, 7) is 3.68. The fourth-order valence-corrected chi connectivity index (χ4v) is 5.11. The molecule has 1 aromatic heterocycles. The fourth-order valence-electron chi connectivity index (χ4n) is 2.52. The van der Waals surface area contributed by atoms with Crippen LogP contribution in [0.1, 0.15) is 29.4 Å². The highest BCUT2D eigenvalue weighted by Gasteiger charge is 2.32. The third-order valence-electron chi connectivity index (χ3n) is 3.63. The predicted octanol–water partition coefficient (Wildman–Crippen LogP) is 1.07. The van der Waals surface area contributed by atoms with Crippen molar-refractivity contribution in [3.8, 4) is 0 Å². The van der Waals surface area contributed by atoms with Crippen LogP contribution in [-0.4, -0.2) is 33.7 Å². The highest BCUT2D eigenvalue weighted by Crippen LogP contribution is 2.43. The Hall–Kier alpha value is -1.28. The van der Waals surface area contributed by atoms with Crippen molar-refractivity contribution in [2.75, 3.05) is 30.0 Å². The largest absolute Gasteiger partial charge is 0.396 e. The molecule has 0 aliphatic carbocycles. The van der Waals surface area contributed by atoms with Crippen LogP contribution in [0.2, 0.25) is 0 Å². The summed E-state index contributed by atoms with van der Waals surface area (Å²) < 4.78 is 23.9. The second kappa shape index (κ2) is 5.25. The lowest BCUT2D eigenvalue weighted by atomic mass is 10.1. The Bertz CT molecular complexity index is 637. The number of nitrogen functional groups attached to an aromatic ring is 1. The average molecular weight is 317 g/mol. The van der Waals surface area contributed by atoms with Gasteiger partial charge in [-0.2, -0.15) is 0 Å². The van der Waals surface area contributed by atoms with E-state index in [1.807, 2.05) is 4.90 Å². The van der Waals surface area contributed by atoms with E-state index in [9.17, 15) is 13.2 Å². The summed E-state index contributed by atoms with van der Waals surface area (Å²) in [5.74, 6) is -0.141. The minimum Gasteiger partial charge on any atom is -0.396 e. The predicted molar refractivity (Wildman–Crippen MR) is 81.0 cm³/mol. The number of anilines is 2. The molecule has 1 aliphatic rings. The molecule has 8 heteroatoms. The quantitative estimate of drug-likeness (QED) is 0.864. The van der Waals surface area contributed by atoms with Crippen molar-refractivity contribution in [3.63, 3.8) is 0 Å². The van der Waals surface area contributed by atoms with Crippen molar-refractivity contribution < 1.29 is 13.2 Å². The number of carbonyl (C=O) groups is 1. The third-order valence-corrected chi connectivity index (χ3v) is 6.19. The van der Waals surface area contributed by atoms with E-state index in [0.717, 1.165) is 43.5 Å². The molecule has 112 valence electrons. The molecule has 1 atom stereocenters. The van der Waals surface area contributed by atoms with Crippen LogP contribution in [0.3, 0.4) is 0 Å². The smallest absolute Gasteiger partial charge is 0.261 e. The standard InChI is InChI=1S/C12H19N3O3S2/c1-3-7-4-5-15(6-7)12-10(20(2,17)18)8(13)9(19-12)11(14)16/h7H,3-6,13H2,1-2H3,(H2,14,16). The summed E-state index contributed by atoms with van der Waals surface area (Å²) in [5.41, 5.74) is 11.1. The van der Waals surface area contributed by atoms with E-state index in [-0.39, 0.29) is 15.5 Å². The second-order valence-electron chi connectivity index (χ2n) is 5.12. The summed E-state index contributed by atoms with van der Waals surface area (Å²) in [6.07, 6.45) is 3.17. The number of rotatable bonds is 4. The summed E-state index contributed by atoms with van der Waals surface area (Å²) in [5, 5.41) is 0.551. The van der Waals surface area contributed by atoms with Crippen LogP contribution in [0, 0.1) is 5.92 Å². The highest BCUT2D eigenvalue weighted by molar-refractivity contribution is 7.91. The molecule has 0 saturated carbocycles. The van der Waals surface area contributed by atoms with Gasteiger partial charge in [-0.15, -0.1) is 11.3 Å². The number of thiophene rings is 1. The van der Waals surface area contributed by atoms with Gasteiger partial charge in [0.2, 0.25) is 0 Å². The van der Waals surface area contributed by atoms with Crippen molar-refractivity contribution in [2.24, 2.45) is 11.7 Å². The van der Waals surface area contributed by atoms with Gasteiger partial charge in [-0.05, 0) is 12.3 Å². The SMILES string of the molecule is CCC1CCN(c2sc(C(N)=O)c(N)c2S(C)(=O)=O)C1. The second-order valence-corrected chi connectivity index (χ2v) is 8.08. The van der Waals surface area contributed by atoms with E-state index >= 15 is 0 Å². The fraction of sp³-hybridized carbons (Fsp3) is 0.583. The zero-order valence-corrected chi connectivity index (χ0v) is 13.2. The van der Waals surface area contributed by atoms with E-state index < -0.39 is 15.7 Å². The monoisotopic (exact) mass is 317 g/mol. The first-order chi connectivity index (χ1) is 9.25. The van der Waals surface area contributed by atoms with Crippen LogP contribution in [0.5, 0.6) is 0 Å². The van der Waals surface area contributed by atoms with Gasteiger partial charge in [-0.3, -0.25) is 4.79 Å². The maximum atomic E-state index is 12.0. The molecule has 0 bridgehead atoms. The van der Waals surface area contributed by atoms with Gasteiger partial charge >= 0.3 is 0 Å². The van der Waals surface area contributed by atoms with Crippen LogP contribution >= 0.6 is 11.3 Å². The van der Waals surface area contributed by atoms with Crippen molar-refractivity contribution in [3.05, 3.63) is 4.88 Å². The molecule has 1 saturated heterocycles. The number of amides is 1. The number of primary amides is 1. The van der Waals surface area contributed by atoms with E-state index in [1.54, 1.807) is 0 Å². The van der Waals surface area contributed by atoms with Gasteiger partial charge in [0.1, 0.15) is 14.8 Å². The van der Waals surface area contributed by atoms with E-state index in [4.69, 9.17) is 11.5 Å².